The van der Waals surface area contributed by atoms with E-state index in [1.54, 1.807) is 49.4 Å². The lowest BCUT2D eigenvalue weighted by Gasteiger charge is -2.14. The summed E-state index contributed by atoms with van der Waals surface area (Å²) < 4.78 is 11.3. The van der Waals surface area contributed by atoms with Gasteiger partial charge in [-0.2, -0.15) is 5.26 Å². The number of halogens is 2. The van der Waals surface area contributed by atoms with Gasteiger partial charge in [0.25, 0.3) is 0 Å². The van der Waals surface area contributed by atoms with E-state index in [0.29, 0.717) is 33.0 Å². The van der Waals surface area contributed by atoms with Crippen molar-refractivity contribution in [3.8, 4) is 17.6 Å². The number of aliphatic carboxylic acids is 1. The molecule has 2 rings (SSSR count). The van der Waals surface area contributed by atoms with E-state index in [1.807, 2.05) is 0 Å². The molecule has 0 saturated heterocycles. The van der Waals surface area contributed by atoms with Crippen LogP contribution in [0.5, 0.6) is 11.5 Å². The zero-order valence-corrected chi connectivity index (χ0v) is 16.1. The third kappa shape index (κ3) is 5.25. The maximum absolute atomic E-state index is 10.6. The van der Waals surface area contributed by atoms with Crippen LogP contribution >= 0.6 is 27.5 Å². The summed E-state index contributed by atoms with van der Waals surface area (Å²) in [5.74, 6) is -0.691. The van der Waals surface area contributed by atoms with Gasteiger partial charge in [-0.1, -0.05) is 39.7 Å². The molecule has 0 atom stereocenters. The first-order chi connectivity index (χ1) is 12.4. The molecule has 0 bridgehead atoms. The number of nitriles is 1. The second kappa shape index (κ2) is 9.27. The van der Waals surface area contributed by atoms with Crippen LogP contribution in [0.1, 0.15) is 18.1 Å². The van der Waals surface area contributed by atoms with Gasteiger partial charge in [0.2, 0.25) is 0 Å². The third-order valence-corrected chi connectivity index (χ3v) is 4.22. The number of carboxylic acids is 1. The molecule has 0 unspecified atom stereocenters. The molecule has 0 saturated carbocycles. The Bertz CT molecular complexity index is 872. The van der Waals surface area contributed by atoms with Gasteiger partial charge in [0.15, 0.2) is 11.5 Å². The first kappa shape index (κ1) is 19.8. The average molecular weight is 436 g/mol. The topological polar surface area (TPSA) is 82.4 Å². The Labute approximate surface area is 164 Å². The van der Waals surface area contributed by atoms with E-state index >= 15 is 0 Å². The molecule has 2 aromatic carbocycles. The van der Waals surface area contributed by atoms with Crippen molar-refractivity contribution in [1.29, 1.82) is 5.26 Å². The average Bonchev–Trinajstić information content (AvgIpc) is 2.61. The summed E-state index contributed by atoms with van der Waals surface area (Å²) in [5.41, 5.74) is 1.84. The van der Waals surface area contributed by atoms with Crippen molar-refractivity contribution in [1.82, 2.24) is 0 Å². The van der Waals surface area contributed by atoms with Crippen LogP contribution in [0.15, 0.2) is 40.9 Å². The zero-order chi connectivity index (χ0) is 19.1. The second-order valence-corrected chi connectivity index (χ2v) is 6.38. The van der Waals surface area contributed by atoms with E-state index in [4.69, 9.17) is 21.1 Å². The fourth-order valence-electron chi connectivity index (χ4n) is 2.14. The van der Waals surface area contributed by atoms with Gasteiger partial charge in [0.05, 0.1) is 24.2 Å². The molecule has 0 radical (unpaired) electrons. The highest BCUT2D eigenvalue weighted by molar-refractivity contribution is 9.10. The normalized spacial score (nSPS) is 10.9. The Morgan fingerprint density at radius 1 is 1.27 bits per heavy atom. The van der Waals surface area contributed by atoms with Crippen LogP contribution < -0.4 is 14.6 Å². The van der Waals surface area contributed by atoms with Gasteiger partial charge in [-0.05, 0) is 48.4 Å². The Hall–Kier alpha value is -2.49. The summed E-state index contributed by atoms with van der Waals surface area (Å²) in [7, 11) is 0. The molecule has 0 aliphatic heterocycles. The molecular formula is C19H14BrClNO4-. The van der Waals surface area contributed by atoms with Gasteiger partial charge in [0.1, 0.15) is 6.61 Å². The monoisotopic (exact) mass is 434 g/mol. The van der Waals surface area contributed by atoms with Crippen LogP contribution in [-0.2, 0) is 4.79 Å². The maximum Gasteiger partial charge on any atom is 0.162 e. The second-order valence-electron chi connectivity index (χ2n) is 5.09. The van der Waals surface area contributed by atoms with Gasteiger partial charge < -0.3 is 19.4 Å². The summed E-state index contributed by atoms with van der Waals surface area (Å²) in [5, 5.41) is 20.7. The largest absolute Gasteiger partial charge is 0.546 e. The molecule has 7 heteroatoms. The number of hydrogen-bond donors (Lipinski definition) is 0. The minimum atomic E-state index is -1.33. The predicted octanol–water partition coefficient (Wildman–Crippen LogP) is 3.69. The first-order valence-corrected chi connectivity index (χ1v) is 8.78. The van der Waals surface area contributed by atoms with E-state index in [0.717, 1.165) is 5.56 Å². The number of ether oxygens (including phenoxy) is 2. The highest BCUT2D eigenvalue weighted by Crippen LogP contribution is 2.35. The van der Waals surface area contributed by atoms with Crippen LogP contribution in [0, 0.1) is 11.3 Å². The number of carbonyl (C=O) groups is 1. The van der Waals surface area contributed by atoms with Crippen molar-refractivity contribution < 1.29 is 19.4 Å². The molecule has 2 aromatic rings. The molecule has 26 heavy (non-hydrogen) atoms. The molecule has 0 amide bonds. The number of carboxylic acid groups (broad SMARTS) is 1. The van der Waals surface area contributed by atoms with Crippen LogP contribution in [-0.4, -0.2) is 19.2 Å². The number of nitrogens with zero attached hydrogens (tertiary/aromatic N) is 1. The van der Waals surface area contributed by atoms with E-state index in [-0.39, 0.29) is 5.75 Å². The SMILES string of the molecule is CCOc1cc(/C=C(/C#N)c2ccc(Cl)cc2)c(Br)cc1OCC(=O)[O-]. The molecule has 0 aromatic heterocycles. The fraction of sp³-hybridized carbons (Fsp3) is 0.158. The molecule has 5 nitrogen and oxygen atoms in total. The summed E-state index contributed by atoms with van der Waals surface area (Å²) in [6.07, 6.45) is 1.69. The Morgan fingerprint density at radius 2 is 1.92 bits per heavy atom. The number of hydrogen-bond acceptors (Lipinski definition) is 5. The van der Waals surface area contributed by atoms with E-state index in [9.17, 15) is 15.2 Å². The van der Waals surface area contributed by atoms with Crippen LogP contribution in [0.2, 0.25) is 5.02 Å². The van der Waals surface area contributed by atoms with Gasteiger partial charge in [-0.15, -0.1) is 0 Å². The highest BCUT2D eigenvalue weighted by Gasteiger charge is 2.11. The minimum Gasteiger partial charge on any atom is -0.546 e. The van der Waals surface area contributed by atoms with Gasteiger partial charge >= 0.3 is 0 Å². The van der Waals surface area contributed by atoms with Crippen LogP contribution in [0.4, 0.5) is 0 Å². The van der Waals surface area contributed by atoms with Gasteiger partial charge in [0, 0.05) is 9.50 Å². The summed E-state index contributed by atoms with van der Waals surface area (Å²) in [6, 6.07) is 12.4. The lowest BCUT2D eigenvalue weighted by molar-refractivity contribution is -0.307. The standard InChI is InChI=1S/C19H15BrClNO4/c1-2-25-17-8-13(16(20)9-18(17)26-11-19(23)24)7-14(10-22)12-3-5-15(21)6-4-12/h3-9H,2,11H2,1H3,(H,23,24)/p-1/b14-7-. The number of allylic oxidation sites excluding steroid dienone is 1. The molecular weight excluding hydrogens is 422 g/mol. The van der Waals surface area contributed by atoms with Crippen LogP contribution in [0.3, 0.4) is 0 Å². The predicted molar refractivity (Wildman–Crippen MR) is 101 cm³/mol. The van der Waals surface area contributed by atoms with Crippen molar-refractivity contribution >= 4 is 45.1 Å². The van der Waals surface area contributed by atoms with Gasteiger partial charge in [-0.25, -0.2) is 0 Å². The van der Waals surface area contributed by atoms with Crippen molar-refractivity contribution in [2.45, 2.75) is 6.92 Å². The minimum absolute atomic E-state index is 0.269. The highest BCUT2D eigenvalue weighted by atomic mass is 79.9. The van der Waals surface area contributed by atoms with Gasteiger partial charge in [-0.3, -0.25) is 0 Å². The zero-order valence-electron chi connectivity index (χ0n) is 13.8. The molecule has 0 aliphatic carbocycles. The molecule has 0 fully saturated rings. The molecule has 0 N–H and O–H groups in total. The third-order valence-electron chi connectivity index (χ3n) is 3.28. The number of carbonyl (C=O) groups excluding carboxylic acids is 1. The lowest BCUT2D eigenvalue weighted by Crippen LogP contribution is -2.29. The summed E-state index contributed by atoms with van der Waals surface area (Å²) in [6.45, 7) is 1.58. The van der Waals surface area contributed by atoms with E-state index in [1.165, 1.54) is 0 Å². The van der Waals surface area contributed by atoms with Crippen molar-refractivity contribution in [2.24, 2.45) is 0 Å². The van der Waals surface area contributed by atoms with Crippen molar-refractivity contribution in [2.75, 3.05) is 13.2 Å². The molecule has 0 spiro atoms. The summed E-state index contributed by atoms with van der Waals surface area (Å²) in [4.78, 5) is 10.6. The summed E-state index contributed by atoms with van der Waals surface area (Å²) >= 11 is 9.29. The smallest absolute Gasteiger partial charge is 0.162 e. The number of rotatable bonds is 7. The van der Waals surface area contributed by atoms with Crippen molar-refractivity contribution in [3.05, 3.63) is 57.0 Å². The quantitative estimate of drug-likeness (QED) is 0.489. The molecule has 0 heterocycles. The van der Waals surface area contributed by atoms with Crippen LogP contribution in [0.25, 0.3) is 11.6 Å². The van der Waals surface area contributed by atoms with E-state index in [2.05, 4.69) is 22.0 Å². The Morgan fingerprint density at radius 3 is 2.50 bits per heavy atom. The Kier molecular flexibility index (Phi) is 7.07. The molecule has 134 valence electrons. The van der Waals surface area contributed by atoms with E-state index < -0.39 is 12.6 Å². The lowest BCUT2D eigenvalue weighted by atomic mass is 10.0. The molecule has 0 aliphatic rings. The maximum atomic E-state index is 10.6. The number of benzene rings is 2. The van der Waals surface area contributed by atoms with Crippen molar-refractivity contribution in [3.63, 3.8) is 0 Å². The fourth-order valence-corrected chi connectivity index (χ4v) is 2.71. The Balaban J connectivity index is 2.44. The first-order valence-electron chi connectivity index (χ1n) is 7.61.